The molecule has 2 unspecified atom stereocenters. The lowest BCUT2D eigenvalue weighted by Gasteiger charge is -2.16. The molecule has 0 saturated carbocycles. The van der Waals surface area contributed by atoms with Gasteiger partial charge in [-0.2, -0.15) is 4.98 Å². The second-order valence-electron chi connectivity index (χ2n) is 4.25. The van der Waals surface area contributed by atoms with Gasteiger partial charge in [-0.05, 0) is 0 Å². The number of rotatable bonds is 2. The number of aromatic hydroxyl groups is 1. The summed E-state index contributed by atoms with van der Waals surface area (Å²) < 4.78 is 6.73. The summed E-state index contributed by atoms with van der Waals surface area (Å²) in [5.74, 6) is -0.282. The molecule has 2 aromatic rings. The Labute approximate surface area is 106 Å². The van der Waals surface area contributed by atoms with Crippen molar-refractivity contribution in [2.24, 2.45) is 0 Å². The molecule has 9 heteroatoms. The minimum atomic E-state index is -1.23. The molecule has 4 N–H and O–H groups in total. The summed E-state index contributed by atoms with van der Waals surface area (Å²) in [5, 5.41) is 38.2. The molecule has 0 aromatic carbocycles. The largest absolute Gasteiger partial charge is 0.492 e. The molecule has 19 heavy (non-hydrogen) atoms. The quantitative estimate of drug-likeness (QED) is 0.498. The van der Waals surface area contributed by atoms with Crippen molar-refractivity contribution in [3.63, 3.8) is 0 Å². The first-order chi connectivity index (χ1) is 9.13. The molecule has 1 aliphatic rings. The Hall–Kier alpha value is -1.81. The third kappa shape index (κ3) is 1.75. The third-order valence-corrected chi connectivity index (χ3v) is 3.13. The molecule has 0 amide bonds. The molecular weight excluding hydrogens is 256 g/mol. The predicted molar refractivity (Wildman–Crippen MR) is 60.0 cm³/mol. The number of aliphatic hydroxyl groups is 3. The van der Waals surface area contributed by atoms with Gasteiger partial charge < -0.3 is 25.2 Å². The predicted octanol–water partition coefficient (Wildman–Crippen LogP) is -1.86. The van der Waals surface area contributed by atoms with Gasteiger partial charge in [0.05, 0.1) is 12.9 Å². The van der Waals surface area contributed by atoms with Gasteiger partial charge in [-0.25, -0.2) is 9.97 Å². The molecule has 0 bridgehead atoms. The minimum Gasteiger partial charge on any atom is -0.492 e. The van der Waals surface area contributed by atoms with Crippen LogP contribution in [0.2, 0.25) is 0 Å². The molecule has 4 atom stereocenters. The topological polar surface area (TPSA) is 134 Å². The number of aliphatic hydroxyl groups excluding tert-OH is 3. The van der Waals surface area contributed by atoms with E-state index in [4.69, 9.17) is 9.84 Å². The van der Waals surface area contributed by atoms with Crippen LogP contribution in [0.3, 0.4) is 0 Å². The molecule has 102 valence electrons. The molecule has 1 fully saturated rings. The number of hydrogen-bond donors (Lipinski definition) is 4. The third-order valence-electron chi connectivity index (χ3n) is 3.13. The SMILES string of the molecule is OC[C@H]1O[C@@H](n2cnc3c(O)ncnc32)C(O)C1O. The zero-order valence-electron chi connectivity index (χ0n) is 9.66. The normalized spacial score (nSPS) is 31.1. The van der Waals surface area contributed by atoms with Gasteiger partial charge in [0.15, 0.2) is 17.4 Å². The fourth-order valence-corrected chi connectivity index (χ4v) is 2.14. The highest BCUT2D eigenvalue weighted by atomic mass is 16.6. The van der Waals surface area contributed by atoms with Crippen molar-refractivity contribution in [1.29, 1.82) is 0 Å². The van der Waals surface area contributed by atoms with E-state index in [0.717, 1.165) is 6.33 Å². The van der Waals surface area contributed by atoms with Crippen molar-refractivity contribution >= 4 is 11.2 Å². The summed E-state index contributed by atoms with van der Waals surface area (Å²) >= 11 is 0. The van der Waals surface area contributed by atoms with Crippen LogP contribution in [0, 0.1) is 0 Å². The van der Waals surface area contributed by atoms with E-state index in [0.29, 0.717) is 0 Å². The average Bonchev–Trinajstić information content (AvgIpc) is 2.94. The van der Waals surface area contributed by atoms with Gasteiger partial charge in [0.2, 0.25) is 5.88 Å². The Bertz CT molecular complexity index is 603. The van der Waals surface area contributed by atoms with E-state index in [2.05, 4.69) is 15.0 Å². The van der Waals surface area contributed by atoms with Crippen molar-refractivity contribution in [2.75, 3.05) is 6.61 Å². The molecule has 0 spiro atoms. The molecule has 0 aliphatic carbocycles. The first kappa shape index (κ1) is 12.2. The number of fused-ring (bicyclic) bond motifs is 1. The second-order valence-corrected chi connectivity index (χ2v) is 4.25. The van der Waals surface area contributed by atoms with Crippen molar-refractivity contribution < 1.29 is 25.2 Å². The lowest BCUT2D eigenvalue weighted by molar-refractivity contribution is -0.0511. The standard InChI is InChI=1S/C10H12N4O5/c15-1-4-6(16)7(17)10(19-4)14-3-13-5-8(14)11-2-12-9(5)18/h2-4,6-7,10,15-17H,1H2,(H,11,12,18)/t4-,6?,7?,10-/m1/s1. The van der Waals surface area contributed by atoms with Crippen LogP contribution in [0.25, 0.3) is 11.2 Å². The van der Waals surface area contributed by atoms with Gasteiger partial charge in [-0.1, -0.05) is 0 Å². The summed E-state index contributed by atoms with van der Waals surface area (Å²) in [5.41, 5.74) is 0.433. The zero-order valence-corrected chi connectivity index (χ0v) is 9.66. The molecule has 0 radical (unpaired) electrons. The lowest BCUT2D eigenvalue weighted by Crippen LogP contribution is -2.33. The first-order valence-electron chi connectivity index (χ1n) is 5.62. The van der Waals surface area contributed by atoms with E-state index in [9.17, 15) is 15.3 Å². The number of aromatic nitrogens is 4. The average molecular weight is 268 g/mol. The van der Waals surface area contributed by atoms with Gasteiger partial charge in [-0.3, -0.25) is 4.57 Å². The fourth-order valence-electron chi connectivity index (χ4n) is 2.14. The monoisotopic (exact) mass is 268 g/mol. The summed E-state index contributed by atoms with van der Waals surface area (Å²) in [6.07, 6.45) is -1.79. The Morgan fingerprint density at radius 3 is 2.68 bits per heavy atom. The van der Waals surface area contributed by atoms with Crippen molar-refractivity contribution in [2.45, 2.75) is 24.5 Å². The van der Waals surface area contributed by atoms with E-state index < -0.39 is 31.1 Å². The second kappa shape index (κ2) is 4.38. The number of ether oxygens (including phenoxy) is 1. The Morgan fingerprint density at radius 1 is 1.21 bits per heavy atom. The number of nitrogens with zero attached hydrogens (tertiary/aromatic N) is 4. The maximum absolute atomic E-state index is 9.92. The van der Waals surface area contributed by atoms with Crippen molar-refractivity contribution in [1.82, 2.24) is 19.5 Å². The first-order valence-corrected chi connectivity index (χ1v) is 5.62. The van der Waals surface area contributed by atoms with E-state index in [1.807, 2.05) is 0 Å². The Morgan fingerprint density at radius 2 is 2.00 bits per heavy atom. The summed E-state index contributed by atoms with van der Waals surface area (Å²) in [7, 11) is 0. The van der Waals surface area contributed by atoms with Gasteiger partial charge >= 0.3 is 0 Å². The van der Waals surface area contributed by atoms with Gasteiger partial charge in [0, 0.05) is 0 Å². The van der Waals surface area contributed by atoms with E-state index in [-0.39, 0.29) is 17.0 Å². The minimum absolute atomic E-state index is 0.167. The molecule has 1 aliphatic heterocycles. The van der Waals surface area contributed by atoms with Crippen LogP contribution < -0.4 is 0 Å². The Kier molecular flexibility index (Phi) is 2.82. The van der Waals surface area contributed by atoms with E-state index in [1.54, 1.807) is 0 Å². The summed E-state index contributed by atoms with van der Waals surface area (Å²) in [6.45, 7) is -0.415. The summed E-state index contributed by atoms with van der Waals surface area (Å²) in [6, 6.07) is 0. The zero-order chi connectivity index (χ0) is 13.6. The molecule has 9 nitrogen and oxygen atoms in total. The van der Waals surface area contributed by atoms with Crippen LogP contribution in [0.5, 0.6) is 5.88 Å². The number of hydrogen-bond acceptors (Lipinski definition) is 8. The van der Waals surface area contributed by atoms with Crippen LogP contribution in [-0.2, 0) is 4.74 Å². The van der Waals surface area contributed by atoms with Crippen LogP contribution >= 0.6 is 0 Å². The summed E-state index contributed by atoms with van der Waals surface area (Å²) in [4.78, 5) is 11.5. The van der Waals surface area contributed by atoms with Crippen LogP contribution in [-0.4, -0.2) is 64.9 Å². The maximum atomic E-state index is 9.92. The van der Waals surface area contributed by atoms with Crippen LogP contribution in [0.4, 0.5) is 0 Å². The molecular formula is C10H12N4O5. The molecule has 3 rings (SSSR count). The van der Waals surface area contributed by atoms with Crippen LogP contribution in [0.1, 0.15) is 6.23 Å². The van der Waals surface area contributed by atoms with Gasteiger partial charge in [-0.15, -0.1) is 0 Å². The lowest BCUT2D eigenvalue weighted by atomic mass is 10.1. The Balaban J connectivity index is 2.04. The van der Waals surface area contributed by atoms with Gasteiger partial charge in [0.25, 0.3) is 0 Å². The molecule has 2 aromatic heterocycles. The van der Waals surface area contributed by atoms with E-state index >= 15 is 0 Å². The highest BCUT2D eigenvalue weighted by Crippen LogP contribution is 2.32. The smallest absolute Gasteiger partial charge is 0.242 e. The van der Waals surface area contributed by atoms with Crippen LogP contribution in [0.15, 0.2) is 12.7 Å². The fraction of sp³-hybridized carbons (Fsp3) is 0.500. The van der Waals surface area contributed by atoms with Crippen molar-refractivity contribution in [3.05, 3.63) is 12.7 Å². The highest BCUT2D eigenvalue weighted by Gasteiger charge is 2.43. The van der Waals surface area contributed by atoms with E-state index in [1.165, 1.54) is 10.9 Å². The van der Waals surface area contributed by atoms with Crippen molar-refractivity contribution in [3.8, 4) is 5.88 Å². The molecule has 1 saturated heterocycles. The maximum Gasteiger partial charge on any atom is 0.242 e. The van der Waals surface area contributed by atoms with Gasteiger partial charge in [0.1, 0.15) is 24.6 Å². The number of imidazole rings is 1. The molecule has 3 heterocycles. The highest BCUT2D eigenvalue weighted by molar-refractivity contribution is 5.75.